The average Bonchev–Trinajstić information content (AvgIpc) is 2.99. The third-order valence-corrected chi connectivity index (χ3v) is 6.65. The van der Waals surface area contributed by atoms with Crippen LogP contribution in [-0.4, -0.2) is 58.2 Å². The number of hydrogen-bond acceptors (Lipinski definition) is 11. The first-order valence-electron chi connectivity index (χ1n) is 13.2. The van der Waals surface area contributed by atoms with Crippen LogP contribution in [0.1, 0.15) is 54.4 Å². The molecule has 2 aromatic carbocycles. The summed E-state index contributed by atoms with van der Waals surface area (Å²) >= 11 is 0. The van der Waals surface area contributed by atoms with Gasteiger partial charge in [0, 0.05) is 38.3 Å². The van der Waals surface area contributed by atoms with Gasteiger partial charge in [-0.25, -0.2) is 10.2 Å². The number of esters is 1. The van der Waals surface area contributed by atoms with Gasteiger partial charge in [0.1, 0.15) is 5.75 Å². The van der Waals surface area contributed by atoms with Gasteiger partial charge < -0.3 is 14.5 Å². The monoisotopic (exact) mass is 530 g/mol. The van der Waals surface area contributed by atoms with E-state index in [2.05, 4.69) is 30.3 Å². The fourth-order valence-electron chi connectivity index (χ4n) is 4.57. The average molecular weight is 531 g/mol. The maximum absolute atomic E-state index is 12.4. The van der Waals surface area contributed by atoms with Crippen molar-refractivity contribution in [3.05, 3.63) is 69.8 Å². The highest BCUT2D eigenvalue weighted by Crippen LogP contribution is 2.23. The van der Waals surface area contributed by atoms with Crippen LogP contribution in [-0.2, 0) is 0 Å². The summed E-state index contributed by atoms with van der Waals surface area (Å²) in [5.41, 5.74) is 3.64. The van der Waals surface area contributed by atoms with Crippen molar-refractivity contribution in [3.8, 4) is 5.75 Å². The molecule has 2 aliphatic heterocycles. The number of aromatic nitrogens is 3. The molecular formula is C27H30N8O4. The van der Waals surface area contributed by atoms with Crippen molar-refractivity contribution >= 4 is 35.7 Å². The third-order valence-electron chi connectivity index (χ3n) is 6.65. The number of ether oxygens (including phenoxy) is 1. The molecule has 39 heavy (non-hydrogen) atoms. The summed E-state index contributed by atoms with van der Waals surface area (Å²) in [6.45, 7) is 3.74. The first-order valence-corrected chi connectivity index (χ1v) is 13.2. The van der Waals surface area contributed by atoms with Crippen molar-refractivity contribution in [1.29, 1.82) is 0 Å². The Bertz CT molecular complexity index is 1300. The summed E-state index contributed by atoms with van der Waals surface area (Å²) in [5.74, 6) is 1.39. The molecule has 1 N–H and O–H groups in total. The zero-order chi connectivity index (χ0) is 27.0. The van der Waals surface area contributed by atoms with Gasteiger partial charge in [0.15, 0.2) is 0 Å². The summed E-state index contributed by atoms with van der Waals surface area (Å²) in [4.78, 5) is 41.2. The van der Waals surface area contributed by atoms with E-state index in [1.807, 2.05) is 0 Å². The number of carbonyl (C=O) groups is 1. The van der Waals surface area contributed by atoms with E-state index >= 15 is 0 Å². The molecule has 12 heteroatoms. The SMILES string of the molecule is O=C(Oc1ccc(C=NNc2nc(N3CCCCC3)nc(N3CCCCC3)n2)cc1)c1cccc([N+](=O)[O-])c1. The summed E-state index contributed by atoms with van der Waals surface area (Å²) in [7, 11) is 0. The van der Waals surface area contributed by atoms with E-state index in [4.69, 9.17) is 9.72 Å². The molecular weight excluding hydrogens is 500 g/mol. The Morgan fingerprint density at radius 3 is 2.10 bits per heavy atom. The lowest BCUT2D eigenvalue weighted by Gasteiger charge is -2.30. The number of anilines is 3. The second-order valence-electron chi connectivity index (χ2n) is 9.49. The summed E-state index contributed by atoms with van der Waals surface area (Å²) in [5, 5.41) is 15.3. The van der Waals surface area contributed by atoms with Gasteiger partial charge in [-0.15, -0.1) is 0 Å². The fourth-order valence-corrected chi connectivity index (χ4v) is 4.57. The molecule has 2 saturated heterocycles. The molecule has 0 spiro atoms. The second-order valence-corrected chi connectivity index (χ2v) is 9.49. The maximum Gasteiger partial charge on any atom is 0.343 e. The molecule has 0 atom stereocenters. The van der Waals surface area contributed by atoms with E-state index < -0.39 is 10.9 Å². The van der Waals surface area contributed by atoms with Crippen LogP contribution in [0.15, 0.2) is 53.6 Å². The van der Waals surface area contributed by atoms with Gasteiger partial charge in [0.2, 0.25) is 17.8 Å². The molecule has 12 nitrogen and oxygen atoms in total. The molecule has 0 aliphatic carbocycles. The van der Waals surface area contributed by atoms with Crippen molar-refractivity contribution < 1.29 is 14.5 Å². The van der Waals surface area contributed by atoms with Crippen molar-refractivity contribution in [3.63, 3.8) is 0 Å². The van der Waals surface area contributed by atoms with E-state index in [0.717, 1.165) is 57.4 Å². The van der Waals surface area contributed by atoms with Crippen molar-refractivity contribution in [1.82, 2.24) is 15.0 Å². The predicted octanol–water partition coefficient (Wildman–Crippen LogP) is 4.43. The number of piperidine rings is 2. The molecule has 0 amide bonds. The van der Waals surface area contributed by atoms with Crippen molar-refractivity contribution in [2.24, 2.45) is 5.10 Å². The Morgan fingerprint density at radius 2 is 1.51 bits per heavy atom. The number of nitro groups is 1. The number of benzene rings is 2. The van der Waals surface area contributed by atoms with Crippen LogP contribution in [0, 0.1) is 10.1 Å². The lowest BCUT2D eigenvalue weighted by molar-refractivity contribution is -0.384. The third kappa shape index (κ3) is 6.83. The first-order chi connectivity index (χ1) is 19.0. The van der Waals surface area contributed by atoms with Crippen LogP contribution >= 0.6 is 0 Å². The first kappa shape index (κ1) is 26.0. The van der Waals surface area contributed by atoms with Crippen LogP contribution in [0.5, 0.6) is 5.75 Å². The number of nitro benzene ring substituents is 1. The van der Waals surface area contributed by atoms with Crippen molar-refractivity contribution in [2.75, 3.05) is 41.4 Å². The number of carbonyl (C=O) groups excluding carboxylic acids is 1. The highest BCUT2D eigenvalue weighted by Gasteiger charge is 2.20. The Hall–Kier alpha value is -4.61. The minimum atomic E-state index is -0.675. The number of hydrogen-bond donors (Lipinski definition) is 1. The van der Waals surface area contributed by atoms with Crippen molar-refractivity contribution in [2.45, 2.75) is 38.5 Å². The quantitative estimate of drug-likeness (QED) is 0.146. The molecule has 1 aromatic heterocycles. The Labute approximate surface area is 225 Å². The smallest absolute Gasteiger partial charge is 0.343 e. The van der Waals surface area contributed by atoms with Crippen LogP contribution in [0.3, 0.4) is 0 Å². The lowest BCUT2D eigenvalue weighted by Crippen LogP contribution is -2.34. The highest BCUT2D eigenvalue weighted by atomic mass is 16.6. The minimum Gasteiger partial charge on any atom is -0.423 e. The molecule has 202 valence electrons. The molecule has 3 heterocycles. The van der Waals surface area contributed by atoms with Gasteiger partial charge in [0.05, 0.1) is 16.7 Å². The van der Waals surface area contributed by atoms with Gasteiger partial charge in [-0.1, -0.05) is 6.07 Å². The number of non-ortho nitro benzene ring substituents is 1. The zero-order valence-electron chi connectivity index (χ0n) is 21.5. The van der Waals surface area contributed by atoms with Crippen LogP contribution in [0.2, 0.25) is 0 Å². The van der Waals surface area contributed by atoms with Gasteiger partial charge in [-0.2, -0.15) is 20.1 Å². The highest BCUT2D eigenvalue weighted by molar-refractivity contribution is 5.91. The molecule has 0 bridgehead atoms. The van der Waals surface area contributed by atoms with E-state index in [-0.39, 0.29) is 11.3 Å². The topological polar surface area (TPSA) is 139 Å². The molecule has 3 aromatic rings. The molecule has 2 fully saturated rings. The van der Waals surface area contributed by atoms with Gasteiger partial charge in [-0.3, -0.25) is 10.1 Å². The minimum absolute atomic E-state index is 0.101. The normalized spacial score (nSPS) is 15.8. The number of nitrogens with zero attached hydrogens (tertiary/aromatic N) is 7. The molecule has 0 unspecified atom stereocenters. The molecule has 5 rings (SSSR count). The number of hydrazone groups is 1. The van der Waals surface area contributed by atoms with E-state index in [1.165, 1.54) is 37.1 Å². The summed E-state index contributed by atoms with van der Waals surface area (Å²) < 4.78 is 5.35. The van der Waals surface area contributed by atoms with Crippen LogP contribution < -0.4 is 20.0 Å². The van der Waals surface area contributed by atoms with Crippen LogP contribution in [0.25, 0.3) is 0 Å². The Morgan fingerprint density at radius 1 is 0.897 bits per heavy atom. The lowest BCUT2D eigenvalue weighted by atomic mass is 10.1. The van der Waals surface area contributed by atoms with Gasteiger partial charge >= 0.3 is 5.97 Å². The van der Waals surface area contributed by atoms with Gasteiger partial charge in [0.25, 0.3) is 5.69 Å². The maximum atomic E-state index is 12.4. The van der Waals surface area contributed by atoms with E-state index in [9.17, 15) is 14.9 Å². The van der Waals surface area contributed by atoms with E-state index in [1.54, 1.807) is 30.5 Å². The standard InChI is InChI=1S/C27H30N8O4/c36-24(21-8-7-9-22(18-21)35(37)38)39-23-12-10-20(11-13-23)19-28-32-25-29-26(33-14-3-1-4-15-33)31-27(30-25)34-16-5-2-6-17-34/h7-13,18-19H,1-6,14-17H2,(H,29,30,31,32). The number of nitrogens with one attached hydrogen (secondary N) is 1. The summed E-state index contributed by atoms with van der Waals surface area (Å²) in [6, 6.07) is 12.2. The number of rotatable bonds is 8. The molecule has 0 radical (unpaired) electrons. The summed E-state index contributed by atoms with van der Waals surface area (Å²) in [6.07, 6.45) is 8.58. The fraction of sp³-hybridized carbons (Fsp3) is 0.370. The Balaban J connectivity index is 1.24. The Kier molecular flexibility index (Phi) is 8.20. The molecule has 2 aliphatic rings. The zero-order valence-corrected chi connectivity index (χ0v) is 21.5. The molecule has 0 saturated carbocycles. The second kappa shape index (κ2) is 12.3. The van der Waals surface area contributed by atoms with E-state index in [0.29, 0.717) is 23.6 Å². The van der Waals surface area contributed by atoms with Crippen LogP contribution in [0.4, 0.5) is 23.5 Å². The van der Waals surface area contributed by atoms with Gasteiger partial charge in [-0.05, 0) is 74.4 Å². The largest absolute Gasteiger partial charge is 0.423 e. The predicted molar refractivity (Wildman–Crippen MR) is 148 cm³/mol.